The van der Waals surface area contributed by atoms with Crippen molar-refractivity contribution in [1.29, 1.82) is 0 Å². The monoisotopic (exact) mass is 446 g/mol. The molecule has 0 unspecified atom stereocenters. The van der Waals surface area contributed by atoms with E-state index in [2.05, 4.69) is 0 Å². The van der Waals surface area contributed by atoms with E-state index in [1.807, 2.05) is 6.92 Å². The lowest BCUT2D eigenvalue weighted by Crippen LogP contribution is -2.60. The second-order valence-electron chi connectivity index (χ2n) is 7.74. The fraction of sp³-hybridized carbons (Fsp3) is 0.750. The van der Waals surface area contributed by atoms with Gasteiger partial charge in [-0.2, -0.15) is 0 Å². The lowest BCUT2D eigenvalue weighted by Gasteiger charge is -2.43. The van der Waals surface area contributed by atoms with Crippen molar-refractivity contribution in [3.63, 3.8) is 0 Å². The molecule has 2 aliphatic heterocycles. The second-order valence-corrected chi connectivity index (χ2v) is 7.74. The lowest BCUT2D eigenvalue weighted by atomic mass is 9.82. The molecule has 31 heavy (non-hydrogen) atoms. The molecule has 1 aliphatic carbocycles. The number of esters is 1. The van der Waals surface area contributed by atoms with Gasteiger partial charge in [-0.15, -0.1) is 0 Å². The Kier molecular flexibility index (Phi) is 8.05. The molecule has 0 aromatic carbocycles. The maximum atomic E-state index is 12.2. The third kappa shape index (κ3) is 4.78. The molecule has 11 heteroatoms. The first kappa shape index (κ1) is 24.1. The number of rotatable bonds is 8. The van der Waals surface area contributed by atoms with E-state index in [0.29, 0.717) is 12.2 Å². The van der Waals surface area contributed by atoms with Crippen LogP contribution in [0.3, 0.4) is 0 Å². The fourth-order valence-electron chi connectivity index (χ4n) is 4.11. The molecule has 0 amide bonds. The number of hydrogen-bond donors (Lipinski definition) is 5. The van der Waals surface area contributed by atoms with E-state index in [4.69, 9.17) is 23.7 Å². The van der Waals surface area contributed by atoms with Gasteiger partial charge in [-0.3, -0.25) is 0 Å². The fourth-order valence-corrected chi connectivity index (χ4v) is 4.11. The quantitative estimate of drug-likeness (QED) is 0.162. The summed E-state index contributed by atoms with van der Waals surface area (Å²) in [5, 5.41) is 50.2. The van der Waals surface area contributed by atoms with Crippen LogP contribution in [0.25, 0.3) is 0 Å². The van der Waals surface area contributed by atoms with Gasteiger partial charge in [-0.25, -0.2) is 4.79 Å². The van der Waals surface area contributed by atoms with Crippen LogP contribution in [0.15, 0.2) is 23.5 Å². The van der Waals surface area contributed by atoms with Crippen LogP contribution in [0.2, 0.25) is 0 Å². The molecule has 0 aromatic heterocycles. The topological polar surface area (TPSA) is 164 Å². The summed E-state index contributed by atoms with van der Waals surface area (Å²) in [5.41, 5.74) is 0.755. The van der Waals surface area contributed by atoms with Crippen LogP contribution in [0.5, 0.6) is 0 Å². The van der Waals surface area contributed by atoms with Crippen molar-refractivity contribution in [2.45, 2.75) is 56.4 Å². The Morgan fingerprint density at radius 1 is 1.10 bits per heavy atom. The molecule has 0 radical (unpaired) electrons. The molecular weight excluding hydrogens is 416 g/mol. The minimum atomic E-state index is -1.62. The molecule has 0 bridgehead atoms. The zero-order valence-corrected chi connectivity index (χ0v) is 17.4. The van der Waals surface area contributed by atoms with Crippen LogP contribution in [0, 0.1) is 11.8 Å². The summed E-state index contributed by atoms with van der Waals surface area (Å²) in [6, 6.07) is 0. The SMILES string of the molecule is CCCOCC1=C[C@H](O)[C@@H]2C(C(=O)OC)=CO[C@@H](O[C@@H]3O[C@H](CO)[C@@H](O)[C@H](O)[C@H]3O)[C@H]12. The zero-order valence-electron chi connectivity index (χ0n) is 17.4. The Bertz CT molecular complexity index is 691. The van der Waals surface area contributed by atoms with Gasteiger partial charge in [-0.05, 0) is 12.0 Å². The van der Waals surface area contributed by atoms with Crippen LogP contribution in [-0.4, -0.2) is 102 Å². The zero-order chi connectivity index (χ0) is 22.7. The van der Waals surface area contributed by atoms with Gasteiger partial charge in [0.15, 0.2) is 6.29 Å². The maximum absolute atomic E-state index is 12.2. The van der Waals surface area contributed by atoms with E-state index in [0.717, 1.165) is 12.7 Å². The van der Waals surface area contributed by atoms with Crippen molar-refractivity contribution in [2.75, 3.05) is 26.9 Å². The lowest BCUT2D eigenvalue weighted by molar-refractivity contribution is -0.340. The summed E-state index contributed by atoms with van der Waals surface area (Å²) >= 11 is 0. The molecule has 3 rings (SSSR count). The van der Waals surface area contributed by atoms with Gasteiger partial charge in [0.05, 0.1) is 44.2 Å². The van der Waals surface area contributed by atoms with E-state index in [1.165, 1.54) is 7.11 Å². The second kappa shape index (κ2) is 10.4. The summed E-state index contributed by atoms with van der Waals surface area (Å²) in [6.07, 6.45) is -6.02. The smallest absolute Gasteiger partial charge is 0.337 e. The molecule has 0 aromatic rings. The average Bonchev–Trinajstić information content (AvgIpc) is 3.10. The first-order valence-corrected chi connectivity index (χ1v) is 10.2. The molecule has 11 nitrogen and oxygen atoms in total. The van der Waals surface area contributed by atoms with Crippen LogP contribution in [0.4, 0.5) is 0 Å². The Labute approximate surface area is 179 Å². The van der Waals surface area contributed by atoms with Gasteiger partial charge in [0, 0.05) is 12.5 Å². The van der Waals surface area contributed by atoms with Gasteiger partial charge in [0.1, 0.15) is 24.4 Å². The minimum absolute atomic E-state index is 0.121. The van der Waals surface area contributed by atoms with Gasteiger partial charge < -0.3 is 49.2 Å². The predicted octanol–water partition coefficient (Wildman–Crippen LogP) is -1.82. The van der Waals surface area contributed by atoms with E-state index in [1.54, 1.807) is 6.08 Å². The number of aliphatic hydroxyl groups is 5. The van der Waals surface area contributed by atoms with Crippen molar-refractivity contribution in [3.05, 3.63) is 23.5 Å². The highest BCUT2D eigenvalue weighted by molar-refractivity contribution is 5.89. The van der Waals surface area contributed by atoms with Crippen molar-refractivity contribution in [1.82, 2.24) is 0 Å². The standard InChI is InChI=1S/C20H30O11/c1-3-4-28-7-9-5-11(22)14-10(18(26)27-2)8-29-19(13(9)14)31-20-17(25)16(24)15(23)12(6-21)30-20/h5,8,11-17,19-25H,3-4,6-7H2,1-2H3/t11-,12+,13+,14-,15+,16-,17+,19-,20-/m0/s1. The molecular formula is C20H30O11. The van der Waals surface area contributed by atoms with E-state index < -0.39 is 67.5 Å². The Morgan fingerprint density at radius 2 is 1.84 bits per heavy atom. The molecule has 3 aliphatic rings. The van der Waals surface area contributed by atoms with Gasteiger partial charge in [-0.1, -0.05) is 13.0 Å². The highest BCUT2D eigenvalue weighted by Crippen LogP contribution is 2.44. The van der Waals surface area contributed by atoms with Gasteiger partial charge in [0.25, 0.3) is 0 Å². The highest BCUT2D eigenvalue weighted by atomic mass is 16.8. The van der Waals surface area contributed by atoms with E-state index in [-0.39, 0.29) is 12.2 Å². The average molecular weight is 446 g/mol. The molecule has 0 spiro atoms. The van der Waals surface area contributed by atoms with Crippen molar-refractivity contribution in [2.24, 2.45) is 11.8 Å². The Balaban J connectivity index is 1.84. The number of aliphatic hydroxyl groups excluding tert-OH is 5. The van der Waals surface area contributed by atoms with Crippen molar-refractivity contribution < 1.29 is 54.0 Å². The van der Waals surface area contributed by atoms with Crippen molar-refractivity contribution in [3.8, 4) is 0 Å². The van der Waals surface area contributed by atoms with Crippen LogP contribution < -0.4 is 0 Å². The summed E-state index contributed by atoms with van der Waals surface area (Å²) in [6.45, 7) is 2.00. The maximum Gasteiger partial charge on any atom is 0.337 e. The van der Waals surface area contributed by atoms with Crippen LogP contribution in [-0.2, 0) is 28.5 Å². The molecule has 5 N–H and O–H groups in total. The number of fused-ring (bicyclic) bond motifs is 1. The Hall–Kier alpha value is -1.57. The summed E-state index contributed by atoms with van der Waals surface area (Å²) in [5.74, 6) is -2.07. The molecule has 176 valence electrons. The first-order chi connectivity index (χ1) is 14.8. The van der Waals surface area contributed by atoms with Crippen LogP contribution in [0.1, 0.15) is 13.3 Å². The molecule has 1 fully saturated rings. The van der Waals surface area contributed by atoms with Gasteiger partial charge in [0.2, 0.25) is 6.29 Å². The number of methoxy groups -OCH3 is 1. The number of carbonyl (C=O) groups excluding carboxylic acids is 1. The minimum Gasteiger partial charge on any atom is -0.471 e. The van der Waals surface area contributed by atoms with Crippen LogP contribution >= 0.6 is 0 Å². The molecule has 9 atom stereocenters. The summed E-state index contributed by atoms with van der Waals surface area (Å²) in [7, 11) is 1.22. The predicted molar refractivity (Wildman–Crippen MR) is 102 cm³/mol. The van der Waals surface area contributed by atoms with E-state index >= 15 is 0 Å². The number of carbonyl (C=O) groups is 1. The summed E-state index contributed by atoms with van der Waals surface area (Å²) in [4.78, 5) is 12.2. The molecule has 2 heterocycles. The van der Waals surface area contributed by atoms with Crippen molar-refractivity contribution >= 4 is 5.97 Å². The highest BCUT2D eigenvalue weighted by Gasteiger charge is 2.52. The molecule has 1 saturated heterocycles. The van der Waals surface area contributed by atoms with Gasteiger partial charge >= 0.3 is 5.97 Å². The normalized spacial score (nSPS) is 39.9. The Morgan fingerprint density at radius 3 is 2.48 bits per heavy atom. The first-order valence-electron chi connectivity index (χ1n) is 10.2. The summed E-state index contributed by atoms with van der Waals surface area (Å²) < 4.78 is 27.2. The third-order valence-electron chi connectivity index (χ3n) is 5.70. The number of hydrogen-bond acceptors (Lipinski definition) is 11. The number of ether oxygens (including phenoxy) is 5. The van der Waals surface area contributed by atoms with E-state index in [9.17, 15) is 30.3 Å². The largest absolute Gasteiger partial charge is 0.471 e. The third-order valence-corrected chi connectivity index (χ3v) is 5.70. The molecule has 0 saturated carbocycles.